The summed E-state index contributed by atoms with van der Waals surface area (Å²) >= 11 is -0.384. The Morgan fingerprint density at radius 2 is 2.00 bits per heavy atom. The first-order valence-corrected chi connectivity index (χ1v) is 6.35. The number of carbonyl (C=O) groups is 1. The zero-order valence-corrected chi connectivity index (χ0v) is 11.2. The predicted molar refractivity (Wildman–Crippen MR) is 65.6 cm³/mol. The highest BCUT2D eigenvalue weighted by molar-refractivity contribution is 8.00. The van der Waals surface area contributed by atoms with Crippen LogP contribution in [0.4, 0.5) is 28.0 Å². The molecule has 22 heavy (non-hydrogen) atoms. The van der Waals surface area contributed by atoms with Crippen LogP contribution in [0.1, 0.15) is 22.7 Å². The molecule has 118 valence electrons. The van der Waals surface area contributed by atoms with Crippen LogP contribution < -0.4 is 5.32 Å². The summed E-state index contributed by atoms with van der Waals surface area (Å²) in [5.41, 5.74) is -4.61. The molecule has 11 heteroatoms. The summed E-state index contributed by atoms with van der Waals surface area (Å²) in [4.78, 5) is 11.6. The van der Waals surface area contributed by atoms with Crippen LogP contribution in [0.3, 0.4) is 0 Å². The third-order valence-electron chi connectivity index (χ3n) is 2.18. The molecule has 5 nitrogen and oxygen atoms in total. The molecule has 0 saturated heterocycles. The van der Waals surface area contributed by atoms with Gasteiger partial charge in [0, 0.05) is 10.5 Å². The molecule has 0 fully saturated rings. The Kier molecular flexibility index (Phi) is 4.64. The lowest BCUT2D eigenvalue weighted by Gasteiger charge is -2.07. The van der Waals surface area contributed by atoms with Crippen molar-refractivity contribution in [1.29, 1.82) is 0 Å². The van der Waals surface area contributed by atoms with E-state index in [2.05, 4.69) is 14.6 Å². The maximum atomic E-state index is 12.3. The fraction of sp³-hybridized carbons (Fsp3) is 0.182. The van der Waals surface area contributed by atoms with Crippen molar-refractivity contribution in [3.8, 4) is 0 Å². The van der Waals surface area contributed by atoms with E-state index in [4.69, 9.17) is 0 Å². The smallest absolute Gasteiger partial charge is 0.402 e. The van der Waals surface area contributed by atoms with E-state index in [-0.39, 0.29) is 22.2 Å². The van der Waals surface area contributed by atoms with Crippen molar-refractivity contribution < 1.29 is 31.2 Å². The number of halogens is 5. The molecule has 0 aliphatic heterocycles. The summed E-state index contributed by atoms with van der Waals surface area (Å²) in [6, 6.07) is 4.10. The van der Waals surface area contributed by atoms with Crippen molar-refractivity contribution in [2.24, 2.45) is 0 Å². The molecule has 0 atom stereocenters. The van der Waals surface area contributed by atoms with Gasteiger partial charge in [0.15, 0.2) is 0 Å². The number of anilines is 1. The maximum Gasteiger partial charge on any atom is 0.446 e. The van der Waals surface area contributed by atoms with Gasteiger partial charge in [-0.15, -0.1) is 5.10 Å². The molecular formula is C11H6F5N3O2S. The molecule has 1 amide bonds. The number of alkyl halides is 5. The van der Waals surface area contributed by atoms with Gasteiger partial charge in [-0.2, -0.15) is 22.0 Å². The number of nitrogens with zero attached hydrogens (tertiary/aromatic N) is 2. The van der Waals surface area contributed by atoms with Gasteiger partial charge < -0.3 is 4.42 Å². The van der Waals surface area contributed by atoms with Crippen LogP contribution in [0, 0.1) is 0 Å². The number of amides is 1. The molecule has 1 aromatic heterocycles. The van der Waals surface area contributed by atoms with Crippen LogP contribution in [-0.2, 0) is 0 Å². The summed E-state index contributed by atoms with van der Waals surface area (Å²) in [5, 5.41) is 8.19. The minimum absolute atomic E-state index is 0.119. The minimum Gasteiger partial charge on any atom is -0.402 e. The van der Waals surface area contributed by atoms with E-state index in [9.17, 15) is 26.7 Å². The number of hydrogen-bond acceptors (Lipinski definition) is 5. The monoisotopic (exact) mass is 339 g/mol. The zero-order valence-electron chi connectivity index (χ0n) is 10.4. The number of benzene rings is 1. The van der Waals surface area contributed by atoms with E-state index in [1.165, 1.54) is 18.2 Å². The largest absolute Gasteiger partial charge is 0.446 e. The van der Waals surface area contributed by atoms with Crippen LogP contribution in [0.2, 0.25) is 0 Å². The normalized spacial score (nSPS) is 11.7. The summed E-state index contributed by atoms with van der Waals surface area (Å²) < 4.78 is 65.7. The standard InChI is InChI=1S/C11H6F5N3O2S/c12-7(13)9-18-19-10(21-9)17-8(20)5-2-1-3-6(4-5)22-11(14,15)16/h1-4,7H,(H,17,19,20). The topological polar surface area (TPSA) is 68.0 Å². The van der Waals surface area contributed by atoms with Gasteiger partial charge in [-0.05, 0) is 30.0 Å². The Morgan fingerprint density at radius 1 is 1.27 bits per heavy atom. The van der Waals surface area contributed by atoms with E-state index in [1.807, 2.05) is 5.32 Å². The highest BCUT2D eigenvalue weighted by Crippen LogP contribution is 2.37. The van der Waals surface area contributed by atoms with Crippen LogP contribution >= 0.6 is 11.8 Å². The number of rotatable bonds is 4. The van der Waals surface area contributed by atoms with Crippen molar-refractivity contribution in [3.05, 3.63) is 35.7 Å². The number of aromatic nitrogens is 2. The van der Waals surface area contributed by atoms with E-state index in [0.717, 1.165) is 6.07 Å². The Balaban J connectivity index is 2.10. The van der Waals surface area contributed by atoms with E-state index >= 15 is 0 Å². The summed E-state index contributed by atoms with van der Waals surface area (Å²) in [6.07, 6.45) is -3.00. The first-order chi connectivity index (χ1) is 10.2. The van der Waals surface area contributed by atoms with Gasteiger partial charge in [0.2, 0.25) is 0 Å². The third kappa shape index (κ3) is 4.41. The maximum absolute atomic E-state index is 12.3. The molecule has 0 spiro atoms. The summed E-state index contributed by atoms with van der Waals surface area (Å²) in [7, 11) is 0. The Hall–Kier alpha value is -2.17. The second-order valence-corrected chi connectivity index (χ2v) is 4.91. The van der Waals surface area contributed by atoms with Gasteiger partial charge in [0.1, 0.15) is 0 Å². The van der Waals surface area contributed by atoms with Crippen molar-refractivity contribution in [2.75, 3.05) is 5.32 Å². The second-order valence-electron chi connectivity index (χ2n) is 3.78. The third-order valence-corrected chi connectivity index (χ3v) is 2.90. The summed E-state index contributed by atoms with van der Waals surface area (Å²) in [5.74, 6) is -1.84. The zero-order chi connectivity index (χ0) is 16.3. The van der Waals surface area contributed by atoms with Crippen molar-refractivity contribution >= 4 is 23.7 Å². The minimum atomic E-state index is -4.49. The fourth-order valence-corrected chi connectivity index (χ4v) is 1.98. The van der Waals surface area contributed by atoms with Crippen LogP contribution in [0.5, 0.6) is 0 Å². The molecule has 0 radical (unpaired) electrons. The van der Waals surface area contributed by atoms with Crippen LogP contribution in [0.25, 0.3) is 0 Å². The molecular weight excluding hydrogens is 333 g/mol. The first kappa shape index (κ1) is 16.2. The molecule has 0 saturated carbocycles. The summed E-state index contributed by atoms with van der Waals surface area (Å²) in [6.45, 7) is 0. The van der Waals surface area contributed by atoms with Gasteiger partial charge in [-0.1, -0.05) is 11.2 Å². The molecule has 0 aliphatic rings. The van der Waals surface area contributed by atoms with Gasteiger partial charge in [0.25, 0.3) is 11.8 Å². The quantitative estimate of drug-likeness (QED) is 0.676. The number of hydrogen-bond donors (Lipinski definition) is 1. The molecule has 2 aromatic rings. The van der Waals surface area contributed by atoms with Crippen LogP contribution in [-0.4, -0.2) is 21.6 Å². The number of carbonyl (C=O) groups excluding carboxylic acids is 1. The molecule has 0 bridgehead atoms. The first-order valence-electron chi connectivity index (χ1n) is 5.53. The van der Waals surface area contributed by atoms with Gasteiger partial charge in [-0.3, -0.25) is 10.1 Å². The van der Waals surface area contributed by atoms with Gasteiger partial charge in [0.05, 0.1) is 0 Å². The predicted octanol–water partition coefficient (Wildman–Crippen LogP) is 3.87. The lowest BCUT2D eigenvalue weighted by molar-refractivity contribution is -0.0328. The molecule has 1 heterocycles. The van der Waals surface area contributed by atoms with Crippen molar-refractivity contribution in [1.82, 2.24) is 10.2 Å². The highest BCUT2D eigenvalue weighted by atomic mass is 32.2. The fourth-order valence-electron chi connectivity index (χ4n) is 1.38. The average Bonchev–Trinajstić information content (AvgIpc) is 2.85. The van der Waals surface area contributed by atoms with E-state index < -0.39 is 29.7 Å². The number of nitrogens with one attached hydrogen (secondary N) is 1. The Bertz CT molecular complexity index is 674. The lowest BCUT2D eigenvalue weighted by atomic mass is 10.2. The number of thioether (sulfide) groups is 1. The SMILES string of the molecule is O=C(Nc1nnc(C(F)F)o1)c1cccc(SC(F)(F)F)c1. The van der Waals surface area contributed by atoms with E-state index in [0.29, 0.717) is 0 Å². The Morgan fingerprint density at radius 3 is 2.59 bits per heavy atom. The molecule has 2 rings (SSSR count). The van der Waals surface area contributed by atoms with Crippen molar-refractivity contribution in [3.63, 3.8) is 0 Å². The highest BCUT2D eigenvalue weighted by Gasteiger charge is 2.29. The van der Waals surface area contributed by atoms with Gasteiger partial charge in [-0.25, -0.2) is 0 Å². The molecule has 0 aliphatic carbocycles. The lowest BCUT2D eigenvalue weighted by Crippen LogP contribution is -2.12. The molecule has 1 aromatic carbocycles. The second kappa shape index (κ2) is 6.30. The Labute approximate surface area is 123 Å². The van der Waals surface area contributed by atoms with E-state index in [1.54, 1.807) is 0 Å². The van der Waals surface area contributed by atoms with Crippen LogP contribution in [0.15, 0.2) is 33.6 Å². The van der Waals surface area contributed by atoms with Gasteiger partial charge >= 0.3 is 17.9 Å². The molecule has 0 unspecified atom stereocenters. The average molecular weight is 339 g/mol. The molecule has 1 N–H and O–H groups in total. The van der Waals surface area contributed by atoms with Crippen molar-refractivity contribution in [2.45, 2.75) is 16.8 Å².